The summed E-state index contributed by atoms with van der Waals surface area (Å²) < 4.78 is 1.49. The molecule has 1 saturated heterocycles. The van der Waals surface area contributed by atoms with Crippen LogP contribution in [-0.2, 0) is 6.54 Å². The average molecular weight is 371 g/mol. The second kappa shape index (κ2) is 6.92. The number of amides is 1. The number of fused-ring (bicyclic) bond motifs is 1. The summed E-state index contributed by atoms with van der Waals surface area (Å²) in [6.45, 7) is 6.45. The normalized spacial score (nSPS) is 20.2. The van der Waals surface area contributed by atoms with E-state index in [-0.39, 0.29) is 17.3 Å². The molecule has 0 unspecified atom stereocenters. The molecule has 0 aromatic carbocycles. The molecule has 2 aromatic heterocycles. The number of piperazine rings is 1. The van der Waals surface area contributed by atoms with Crippen LogP contribution < -0.4 is 16.6 Å². The smallest absolute Gasteiger partial charge is 0.329 e. The molecule has 4 rings (SSSR count). The Balaban J connectivity index is 1.95. The van der Waals surface area contributed by atoms with Gasteiger partial charge in [-0.05, 0) is 32.3 Å². The predicted octanol–water partition coefficient (Wildman–Crippen LogP) is 0.806. The van der Waals surface area contributed by atoms with E-state index in [9.17, 15) is 14.4 Å². The van der Waals surface area contributed by atoms with Gasteiger partial charge in [-0.3, -0.25) is 19.1 Å². The van der Waals surface area contributed by atoms with Crippen LogP contribution in [0, 0.1) is 0 Å². The van der Waals surface area contributed by atoms with Gasteiger partial charge in [0.1, 0.15) is 0 Å². The third kappa shape index (κ3) is 3.18. The zero-order chi connectivity index (χ0) is 19.1. The Labute approximate surface area is 156 Å². The van der Waals surface area contributed by atoms with Crippen LogP contribution in [0.2, 0.25) is 0 Å². The van der Waals surface area contributed by atoms with Gasteiger partial charge in [0.05, 0.1) is 10.9 Å². The van der Waals surface area contributed by atoms with E-state index in [0.29, 0.717) is 30.2 Å². The number of aryl methyl sites for hydroxylation is 1. The molecule has 8 heteroatoms. The number of pyridine rings is 1. The van der Waals surface area contributed by atoms with Crippen molar-refractivity contribution in [3.8, 4) is 0 Å². The van der Waals surface area contributed by atoms with E-state index in [2.05, 4.69) is 15.3 Å². The van der Waals surface area contributed by atoms with Crippen molar-refractivity contribution < 1.29 is 4.79 Å². The number of H-pyrrole nitrogens is 1. The van der Waals surface area contributed by atoms with Crippen molar-refractivity contribution in [2.24, 2.45) is 0 Å². The first kappa shape index (κ1) is 17.9. The third-order valence-corrected chi connectivity index (χ3v) is 5.40. The zero-order valence-corrected chi connectivity index (χ0v) is 15.7. The topological polar surface area (TPSA) is 100 Å². The lowest BCUT2D eigenvalue weighted by atomic mass is 10.1. The Hall–Kier alpha value is -2.48. The molecule has 2 N–H and O–H groups in total. The maximum atomic E-state index is 13.4. The molecule has 0 radical (unpaired) electrons. The second-order valence-corrected chi connectivity index (χ2v) is 7.53. The van der Waals surface area contributed by atoms with Crippen molar-refractivity contribution >= 4 is 16.9 Å². The lowest BCUT2D eigenvalue weighted by Crippen LogP contribution is -2.52. The van der Waals surface area contributed by atoms with Crippen LogP contribution in [0.1, 0.15) is 55.1 Å². The van der Waals surface area contributed by atoms with Gasteiger partial charge in [-0.1, -0.05) is 6.92 Å². The molecule has 1 aliphatic heterocycles. The highest BCUT2D eigenvalue weighted by atomic mass is 16.2. The molecule has 1 atom stereocenters. The highest BCUT2D eigenvalue weighted by molar-refractivity contribution is 6.05. The van der Waals surface area contributed by atoms with E-state index in [0.717, 1.165) is 38.0 Å². The van der Waals surface area contributed by atoms with Crippen LogP contribution in [0.5, 0.6) is 0 Å². The Morgan fingerprint density at radius 3 is 2.78 bits per heavy atom. The minimum atomic E-state index is -0.539. The van der Waals surface area contributed by atoms with Crippen LogP contribution in [0.25, 0.3) is 11.0 Å². The number of rotatable bonds is 4. The number of carbonyl (C=O) groups is 1. The van der Waals surface area contributed by atoms with Crippen LogP contribution >= 0.6 is 0 Å². The largest absolute Gasteiger partial charge is 0.333 e. The van der Waals surface area contributed by atoms with Crippen LogP contribution in [0.15, 0.2) is 15.7 Å². The van der Waals surface area contributed by atoms with Gasteiger partial charge in [0, 0.05) is 43.8 Å². The molecule has 144 valence electrons. The molecule has 2 aromatic rings. The van der Waals surface area contributed by atoms with E-state index in [4.69, 9.17) is 0 Å². The zero-order valence-electron chi connectivity index (χ0n) is 15.7. The molecule has 1 aliphatic carbocycles. The number of hydrogen-bond donors (Lipinski definition) is 2. The maximum Gasteiger partial charge on any atom is 0.329 e. The molecule has 3 heterocycles. The van der Waals surface area contributed by atoms with Gasteiger partial charge in [-0.2, -0.15) is 0 Å². The summed E-state index contributed by atoms with van der Waals surface area (Å²) in [7, 11) is 0. The predicted molar refractivity (Wildman–Crippen MR) is 102 cm³/mol. The standard InChI is InChI=1S/C19H25N5O3/c1-3-7-24-16-15(17(25)22-19(24)27)13(9-14(21-16)12-4-5-12)18(26)23-8-6-20-10-11(23)2/h9,11-12,20H,3-8,10H2,1-2H3,(H,22,25,27)/t11-/m0/s1. The Kier molecular flexibility index (Phi) is 4.59. The first-order chi connectivity index (χ1) is 13.0. The molecule has 2 fully saturated rings. The van der Waals surface area contributed by atoms with Crippen molar-refractivity contribution in [3.05, 3.63) is 38.2 Å². The molecule has 8 nitrogen and oxygen atoms in total. The summed E-state index contributed by atoms with van der Waals surface area (Å²) in [5, 5.41) is 3.50. The quantitative estimate of drug-likeness (QED) is 0.828. The molecule has 0 bridgehead atoms. The van der Waals surface area contributed by atoms with Gasteiger partial charge in [-0.25, -0.2) is 9.78 Å². The SMILES string of the molecule is CCCn1c(=O)[nH]c(=O)c2c(C(=O)N3CCNC[C@@H]3C)cc(C3CC3)nc21. The van der Waals surface area contributed by atoms with Crippen molar-refractivity contribution in [3.63, 3.8) is 0 Å². The third-order valence-electron chi connectivity index (χ3n) is 5.40. The number of hydrogen-bond acceptors (Lipinski definition) is 5. The molecule has 27 heavy (non-hydrogen) atoms. The highest BCUT2D eigenvalue weighted by Crippen LogP contribution is 2.40. The summed E-state index contributed by atoms with van der Waals surface area (Å²) in [5.74, 6) is 0.149. The number of nitrogens with zero attached hydrogens (tertiary/aromatic N) is 3. The first-order valence-electron chi connectivity index (χ1n) is 9.70. The van der Waals surface area contributed by atoms with Gasteiger partial charge < -0.3 is 10.2 Å². The Bertz CT molecular complexity index is 1000. The number of carbonyl (C=O) groups excluding carboxylic acids is 1. The number of nitrogens with one attached hydrogen (secondary N) is 2. The van der Waals surface area contributed by atoms with Crippen LogP contribution in [-0.4, -0.2) is 51.0 Å². The van der Waals surface area contributed by atoms with E-state index < -0.39 is 11.2 Å². The van der Waals surface area contributed by atoms with Crippen molar-refractivity contribution in [1.29, 1.82) is 0 Å². The molecular formula is C19H25N5O3. The monoisotopic (exact) mass is 371 g/mol. The molecule has 0 spiro atoms. The summed E-state index contributed by atoms with van der Waals surface area (Å²) in [6, 6.07) is 1.81. The van der Waals surface area contributed by atoms with E-state index in [1.165, 1.54) is 4.57 Å². The summed E-state index contributed by atoms with van der Waals surface area (Å²) in [6.07, 6.45) is 2.78. The lowest BCUT2D eigenvalue weighted by molar-refractivity contribution is 0.0657. The first-order valence-corrected chi connectivity index (χ1v) is 9.70. The van der Waals surface area contributed by atoms with Crippen molar-refractivity contribution in [2.75, 3.05) is 19.6 Å². The fourth-order valence-corrected chi connectivity index (χ4v) is 3.78. The van der Waals surface area contributed by atoms with Crippen molar-refractivity contribution in [1.82, 2.24) is 24.8 Å². The van der Waals surface area contributed by atoms with Crippen LogP contribution in [0.3, 0.4) is 0 Å². The molecule has 2 aliphatic rings. The molecule has 1 amide bonds. The Morgan fingerprint density at radius 1 is 1.33 bits per heavy atom. The van der Waals surface area contributed by atoms with Gasteiger partial charge in [0.15, 0.2) is 5.65 Å². The summed E-state index contributed by atoms with van der Waals surface area (Å²) >= 11 is 0. The van der Waals surface area contributed by atoms with E-state index >= 15 is 0 Å². The summed E-state index contributed by atoms with van der Waals surface area (Å²) in [4.78, 5) is 47.2. The van der Waals surface area contributed by atoms with Crippen LogP contribution in [0.4, 0.5) is 0 Å². The lowest BCUT2D eigenvalue weighted by Gasteiger charge is -2.34. The summed E-state index contributed by atoms with van der Waals surface area (Å²) in [5.41, 5.74) is 0.499. The van der Waals surface area contributed by atoms with E-state index in [1.54, 1.807) is 11.0 Å². The van der Waals surface area contributed by atoms with Gasteiger partial charge in [0.2, 0.25) is 0 Å². The van der Waals surface area contributed by atoms with Gasteiger partial charge >= 0.3 is 5.69 Å². The Morgan fingerprint density at radius 2 is 2.11 bits per heavy atom. The second-order valence-electron chi connectivity index (χ2n) is 7.53. The van der Waals surface area contributed by atoms with Crippen molar-refractivity contribution in [2.45, 2.75) is 51.6 Å². The fraction of sp³-hybridized carbons (Fsp3) is 0.579. The minimum absolute atomic E-state index is 0.0412. The van der Waals surface area contributed by atoms with Gasteiger partial charge in [-0.15, -0.1) is 0 Å². The fourth-order valence-electron chi connectivity index (χ4n) is 3.78. The maximum absolute atomic E-state index is 13.4. The highest BCUT2D eigenvalue weighted by Gasteiger charge is 2.31. The number of aromatic amines is 1. The molecule has 1 saturated carbocycles. The average Bonchev–Trinajstić information content (AvgIpc) is 3.49. The molecular weight excluding hydrogens is 346 g/mol. The van der Waals surface area contributed by atoms with E-state index in [1.807, 2.05) is 13.8 Å². The van der Waals surface area contributed by atoms with Gasteiger partial charge in [0.25, 0.3) is 11.5 Å². The minimum Gasteiger partial charge on any atom is -0.333 e. The number of aromatic nitrogens is 3.